The molecule has 0 spiro atoms. The van der Waals surface area contributed by atoms with Crippen molar-refractivity contribution >= 4 is 11.9 Å². The summed E-state index contributed by atoms with van der Waals surface area (Å²) in [7, 11) is 0. The molecule has 6 nitrogen and oxygen atoms in total. The SMILES string of the molecule is CCCCCCCC/C=C\CCCCCCCCCCCC(=O)OCCCCCCCCCCCCCCCCCCCCCCCCCCCCCCCCC(=O)NC(CO)C(O)/C=C/CCCCCCCCCCCCCCCCCCCCCC. The van der Waals surface area contributed by atoms with E-state index in [2.05, 4.69) is 31.3 Å². The number of ether oxygens (including phenoxy) is 1. The number of carbonyl (C=O) groups excluding carboxylic acids is 2. The summed E-state index contributed by atoms with van der Waals surface area (Å²) in [6, 6.07) is -0.626. The molecule has 0 saturated heterocycles. The van der Waals surface area contributed by atoms with Crippen LogP contribution in [0.15, 0.2) is 24.3 Å². The second-order valence-corrected chi connectivity index (χ2v) is 28.1. The second kappa shape index (κ2) is 77.8. The van der Waals surface area contributed by atoms with Gasteiger partial charge in [0.05, 0.1) is 25.4 Å². The number of amides is 1. The third kappa shape index (κ3) is 73.4. The van der Waals surface area contributed by atoms with Gasteiger partial charge in [0.25, 0.3) is 0 Å². The quantitative estimate of drug-likeness (QED) is 0.0320. The molecular weight excluding hydrogens is 1080 g/mol. The Labute approximate surface area is 551 Å². The number of rotatable bonds is 77. The van der Waals surface area contributed by atoms with E-state index in [-0.39, 0.29) is 18.5 Å². The van der Waals surface area contributed by atoms with Gasteiger partial charge in [0, 0.05) is 12.8 Å². The number of hydrogen-bond donors (Lipinski definition) is 3. The number of carbonyl (C=O) groups is 2. The third-order valence-corrected chi connectivity index (χ3v) is 19.2. The van der Waals surface area contributed by atoms with Crippen molar-refractivity contribution in [2.75, 3.05) is 13.2 Å². The number of nitrogens with one attached hydrogen (secondary N) is 1. The predicted octanol–water partition coefficient (Wildman–Crippen LogP) is 26.8. The molecule has 0 radical (unpaired) electrons. The highest BCUT2D eigenvalue weighted by Crippen LogP contribution is 2.20. The molecule has 0 aliphatic heterocycles. The Bertz CT molecular complexity index is 1380. The zero-order valence-corrected chi connectivity index (χ0v) is 60.0. The van der Waals surface area contributed by atoms with Gasteiger partial charge in [-0.1, -0.05) is 417 Å². The van der Waals surface area contributed by atoms with Crippen molar-refractivity contribution in [3.63, 3.8) is 0 Å². The number of aliphatic hydroxyl groups excluding tert-OH is 2. The smallest absolute Gasteiger partial charge is 0.305 e. The molecule has 0 fully saturated rings. The van der Waals surface area contributed by atoms with Gasteiger partial charge in [0.2, 0.25) is 5.91 Å². The second-order valence-electron chi connectivity index (χ2n) is 28.1. The van der Waals surface area contributed by atoms with Crippen molar-refractivity contribution in [3.05, 3.63) is 24.3 Å². The molecule has 2 atom stereocenters. The molecular formula is C82H159NO5. The van der Waals surface area contributed by atoms with E-state index < -0.39 is 12.1 Å². The van der Waals surface area contributed by atoms with E-state index in [0.717, 1.165) is 38.5 Å². The van der Waals surface area contributed by atoms with Gasteiger partial charge < -0.3 is 20.3 Å². The van der Waals surface area contributed by atoms with Crippen molar-refractivity contribution in [2.45, 2.75) is 475 Å². The van der Waals surface area contributed by atoms with Crippen LogP contribution in [0.5, 0.6) is 0 Å². The minimum Gasteiger partial charge on any atom is -0.466 e. The molecule has 88 heavy (non-hydrogen) atoms. The predicted molar refractivity (Wildman–Crippen MR) is 389 cm³/mol. The lowest BCUT2D eigenvalue weighted by molar-refractivity contribution is -0.143. The van der Waals surface area contributed by atoms with Crippen LogP contribution in [0, 0.1) is 0 Å². The number of esters is 1. The normalized spacial score (nSPS) is 12.5. The standard InChI is InChI=1S/C82H159NO5/c1-3-5-7-9-11-13-15-17-19-21-23-24-35-39-42-46-50-54-58-62-66-70-74-80(85)79(78-84)83-81(86)75-71-67-63-59-55-51-47-43-40-36-33-31-29-27-25-26-28-30-32-34-37-41-45-49-53-57-61-65-69-73-77-88-82(87)76-72-68-64-60-56-52-48-44-38-22-20-18-16-14-12-10-8-6-4-2/h18,20,70,74,79-80,84-85H,3-17,19,21-69,71-73,75-78H2,1-2H3,(H,83,86)/b20-18-,74-70+. The summed E-state index contributed by atoms with van der Waals surface area (Å²) in [4.78, 5) is 24.7. The van der Waals surface area contributed by atoms with Gasteiger partial charge in [-0.2, -0.15) is 0 Å². The van der Waals surface area contributed by atoms with Gasteiger partial charge in [-0.15, -0.1) is 0 Å². The first kappa shape index (κ1) is 86.3. The molecule has 0 saturated carbocycles. The van der Waals surface area contributed by atoms with Crippen molar-refractivity contribution in [3.8, 4) is 0 Å². The van der Waals surface area contributed by atoms with Crippen LogP contribution >= 0.6 is 0 Å². The van der Waals surface area contributed by atoms with Crippen LogP contribution in [0.25, 0.3) is 0 Å². The molecule has 2 unspecified atom stereocenters. The summed E-state index contributed by atoms with van der Waals surface area (Å²) in [6.45, 7) is 4.96. The minimum absolute atomic E-state index is 0.0206. The van der Waals surface area contributed by atoms with E-state index >= 15 is 0 Å². The van der Waals surface area contributed by atoms with Gasteiger partial charge in [0.1, 0.15) is 0 Å². The molecule has 1 amide bonds. The fraction of sp³-hybridized carbons (Fsp3) is 0.927. The Morgan fingerprint density at radius 2 is 0.534 bits per heavy atom. The fourth-order valence-corrected chi connectivity index (χ4v) is 13.0. The number of aliphatic hydroxyl groups is 2. The van der Waals surface area contributed by atoms with Crippen LogP contribution in [-0.4, -0.2) is 47.4 Å². The van der Waals surface area contributed by atoms with Gasteiger partial charge in [-0.05, 0) is 57.8 Å². The monoisotopic (exact) mass is 1240 g/mol. The molecule has 0 heterocycles. The van der Waals surface area contributed by atoms with E-state index in [1.54, 1.807) is 6.08 Å². The molecule has 0 aromatic rings. The first-order valence-corrected chi connectivity index (χ1v) is 40.6. The molecule has 0 aromatic carbocycles. The highest BCUT2D eigenvalue weighted by molar-refractivity contribution is 5.76. The Morgan fingerprint density at radius 1 is 0.307 bits per heavy atom. The maximum absolute atomic E-state index is 12.6. The molecule has 0 aromatic heterocycles. The molecule has 3 N–H and O–H groups in total. The van der Waals surface area contributed by atoms with Crippen LogP contribution < -0.4 is 5.32 Å². The minimum atomic E-state index is -0.843. The summed E-state index contributed by atoms with van der Waals surface area (Å²) >= 11 is 0. The summed E-state index contributed by atoms with van der Waals surface area (Å²) in [5, 5.41) is 23.3. The van der Waals surface area contributed by atoms with Gasteiger partial charge in [-0.3, -0.25) is 9.59 Å². The lowest BCUT2D eigenvalue weighted by Crippen LogP contribution is -2.45. The summed E-state index contributed by atoms with van der Waals surface area (Å²) in [6.07, 6.45) is 100. The first-order chi connectivity index (χ1) is 43.5. The molecule has 6 heteroatoms. The Morgan fingerprint density at radius 3 is 0.807 bits per heavy atom. The number of allylic oxidation sites excluding steroid dienone is 3. The molecule has 522 valence electrons. The maximum atomic E-state index is 12.6. The Balaban J connectivity index is 3.34. The van der Waals surface area contributed by atoms with Crippen molar-refractivity contribution < 1.29 is 24.5 Å². The molecule has 0 bridgehead atoms. The van der Waals surface area contributed by atoms with Crippen molar-refractivity contribution in [2.24, 2.45) is 0 Å². The van der Waals surface area contributed by atoms with Crippen LogP contribution in [0.2, 0.25) is 0 Å². The zero-order valence-electron chi connectivity index (χ0n) is 60.0. The lowest BCUT2D eigenvalue weighted by atomic mass is 10.0. The zero-order chi connectivity index (χ0) is 63.5. The topological polar surface area (TPSA) is 95.9 Å². The van der Waals surface area contributed by atoms with Gasteiger partial charge >= 0.3 is 5.97 Å². The molecule has 0 rings (SSSR count). The van der Waals surface area contributed by atoms with E-state index in [1.165, 1.54) is 398 Å². The largest absolute Gasteiger partial charge is 0.466 e. The number of hydrogen-bond acceptors (Lipinski definition) is 5. The highest BCUT2D eigenvalue weighted by atomic mass is 16.5. The lowest BCUT2D eigenvalue weighted by Gasteiger charge is -2.20. The van der Waals surface area contributed by atoms with Crippen molar-refractivity contribution in [1.82, 2.24) is 5.32 Å². The number of unbranched alkanes of at least 4 members (excludes halogenated alkanes) is 64. The van der Waals surface area contributed by atoms with E-state index in [4.69, 9.17) is 4.74 Å². The van der Waals surface area contributed by atoms with Crippen LogP contribution in [0.4, 0.5) is 0 Å². The molecule has 0 aliphatic rings. The van der Waals surface area contributed by atoms with Crippen LogP contribution in [0.1, 0.15) is 463 Å². The van der Waals surface area contributed by atoms with Crippen molar-refractivity contribution in [1.29, 1.82) is 0 Å². The highest BCUT2D eigenvalue weighted by Gasteiger charge is 2.18. The summed E-state index contributed by atoms with van der Waals surface area (Å²) in [5.41, 5.74) is 0. The van der Waals surface area contributed by atoms with Crippen LogP contribution in [0.3, 0.4) is 0 Å². The summed E-state index contributed by atoms with van der Waals surface area (Å²) in [5.74, 6) is -0.0384. The average Bonchev–Trinajstić information content (AvgIpc) is 3.58. The Hall–Kier alpha value is -1.66. The first-order valence-electron chi connectivity index (χ1n) is 40.6. The third-order valence-electron chi connectivity index (χ3n) is 19.2. The molecule has 0 aliphatic carbocycles. The van der Waals surface area contributed by atoms with Crippen LogP contribution in [-0.2, 0) is 14.3 Å². The van der Waals surface area contributed by atoms with E-state index in [0.29, 0.717) is 19.4 Å². The fourth-order valence-electron chi connectivity index (χ4n) is 13.0. The van der Waals surface area contributed by atoms with E-state index in [1.807, 2.05) is 6.08 Å². The average molecular weight is 1240 g/mol. The summed E-state index contributed by atoms with van der Waals surface area (Å²) < 4.78 is 5.52. The maximum Gasteiger partial charge on any atom is 0.305 e. The Kier molecular flexibility index (Phi) is 76.3. The van der Waals surface area contributed by atoms with E-state index in [9.17, 15) is 19.8 Å². The van der Waals surface area contributed by atoms with Gasteiger partial charge in [-0.25, -0.2) is 0 Å². The van der Waals surface area contributed by atoms with Gasteiger partial charge in [0.15, 0.2) is 0 Å².